The summed E-state index contributed by atoms with van der Waals surface area (Å²) >= 11 is 5.11. The highest BCUT2D eigenvalue weighted by Crippen LogP contribution is 1.99. The van der Waals surface area contributed by atoms with Crippen LogP contribution in [0.2, 0.25) is 0 Å². The van der Waals surface area contributed by atoms with Crippen molar-refractivity contribution in [1.29, 1.82) is 0 Å². The quantitative estimate of drug-likeness (QED) is 0.800. The van der Waals surface area contributed by atoms with E-state index < -0.39 is 0 Å². The standard InChI is InChI=1S/C9H13N5S/c1-8-11-12-9(15)14(8)7-3-6-13-5-2-4-10-13/h2,4-5H,3,6-7H2,1H3,(H,12,15). The highest BCUT2D eigenvalue weighted by Gasteiger charge is 2.00. The van der Waals surface area contributed by atoms with Crippen LogP contribution in [0.1, 0.15) is 12.2 Å². The Morgan fingerprint density at radius 3 is 2.93 bits per heavy atom. The second-order valence-corrected chi connectivity index (χ2v) is 3.74. The van der Waals surface area contributed by atoms with Gasteiger partial charge in [0.2, 0.25) is 0 Å². The highest BCUT2D eigenvalue weighted by atomic mass is 32.1. The van der Waals surface area contributed by atoms with Crippen molar-refractivity contribution in [3.63, 3.8) is 0 Å². The normalized spacial score (nSPS) is 10.7. The summed E-state index contributed by atoms with van der Waals surface area (Å²) in [7, 11) is 0. The van der Waals surface area contributed by atoms with E-state index in [0.29, 0.717) is 4.77 Å². The number of hydrogen-bond donors (Lipinski definition) is 1. The third-order valence-corrected chi connectivity index (χ3v) is 2.59. The molecule has 0 aromatic carbocycles. The van der Waals surface area contributed by atoms with Gasteiger partial charge in [0, 0.05) is 25.5 Å². The summed E-state index contributed by atoms with van der Waals surface area (Å²) in [4.78, 5) is 0. The molecule has 0 fully saturated rings. The van der Waals surface area contributed by atoms with Gasteiger partial charge in [0.15, 0.2) is 4.77 Å². The maximum atomic E-state index is 5.11. The molecule has 0 atom stereocenters. The van der Waals surface area contributed by atoms with Gasteiger partial charge in [0.05, 0.1) is 0 Å². The average molecular weight is 223 g/mol. The molecule has 2 aromatic heterocycles. The molecule has 0 bridgehead atoms. The van der Waals surface area contributed by atoms with E-state index in [1.807, 2.05) is 28.4 Å². The number of nitrogens with one attached hydrogen (secondary N) is 1. The van der Waals surface area contributed by atoms with E-state index in [9.17, 15) is 0 Å². The minimum atomic E-state index is 0.688. The average Bonchev–Trinajstić information content (AvgIpc) is 2.82. The van der Waals surface area contributed by atoms with Crippen molar-refractivity contribution in [3.8, 4) is 0 Å². The van der Waals surface area contributed by atoms with Gasteiger partial charge in [-0.3, -0.25) is 9.78 Å². The van der Waals surface area contributed by atoms with E-state index in [4.69, 9.17) is 12.2 Å². The summed E-state index contributed by atoms with van der Waals surface area (Å²) in [6.07, 6.45) is 4.74. The van der Waals surface area contributed by atoms with Crippen LogP contribution in [0.4, 0.5) is 0 Å². The van der Waals surface area contributed by atoms with Crippen LogP contribution in [0.25, 0.3) is 0 Å². The highest BCUT2D eigenvalue weighted by molar-refractivity contribution is 7.71. The summed E-state index contributed by atoms with van der Waals surface area (Å²) in [6.45, 7) is 3.72. The molecule has 1 N–H and O–H groups in total. The van der Waals surface area contributed by atoms with Crippen LogP contribution >= 0.6 is 12.2 Å². The van der Waals surface area contributed by atoms with Crippen LogP contribution in [-0.2, 0) is 13.1 Å². The predicted molar refractivity (Wildman–Crippen MR) is 59.0 cm³/mol. The van der Waals surface area contributed by atoms with E-state index in [-0.39, 0.29) is 0 Å². The van der Waals surface area contributed by atoms with E-state index >= 15 is 0 Å². The Balaban J connectivity index is 1.91. The molecule has 0 spiro atoms. The largest absolute Gasteiger partial charge is 0.304 e. The summed E-state index contributed by atoms with van der Waals surface area (Å²) in [5, 5.41) is 11.0. The molecule has 0 radical (unpaired) electrons. The SMILES string of the molecule is Cc1n[nH]c(=S)n1CCCn1cccn1. The molecule has 5 nitrogen and oxygen atoms in total. The number of hydrogen-bond acceptors (Lipinski definition) is 3. The second kappa shape index (κ2) is 4.39. The van der Waals surface area contributed by atoms with Crippen LogP contribution in [0.3, 0.4) is 0 Å². The minimum Gasteiger partial charge on any atom is -0.304 e. The fraction of sp³-hybridized carbons (Fsp3) is 0.444. The van der Waals surface area contributed by atoms with Gasteiger partial charge in [-0.2, -0.15) is 10.2 Å². The first-order chi connectivity index (χ1) is 7.27. The molecule has 2 rings (SSSR count). The molecule has 0 saturated carbocycles. The van der Waals surface area contributed by atoms with Gasteiger partial charge >= 0.3 is 0 Å². The maximum absolute atomic E-state index is 5.11. The lowest BCUT2D eigenvalue weighted by molar-refractivity contribution is 0.518. The Morgan fingerprint density at radius 2 is 2.33 bits per heavy atom. The van der Waals surface area contributed by atoms with Crippen LogP contribution in [0, 0.1) is 11.7 Å². The first-order valence-electron chi connectivity index (χ1n) is 4.86. The van der Waals surface area contributed by atoms with E-state index in [2.05, 4.69) is 15.3 Å². The van der Waals surface area contributed by atoms with Crippen molar-refractivity contribution >= 4 is 12.2 Å². The number of H-pyrrole nitrogens is 1. The molecule has 2 aromatic rings. The molecule has 0 aliphatic carbocycles. The van der Waals surface area contributed by atoms with Crippen molar-refractivity contribution in [1.82, 2.24) is 24.5 Å². The molecular formula is C9H13N5S. The number of nitrogens with zero attached hydrogens (tertiary/aromatic N) is 4. The molecule has 0 aliphatic heterocycles. The van der Waals surface area contributed by atoms with Crippen LogP contribution in [0.5, 0.6) is 0 Å². The fourth-order valence-corrected chi connectivity index (χ4v) is 1.75. The minimum absolute atomic E-state index is 0.688. The Morgan fingerprint density at radius 1 is 1.47 bits per heavy atom. The third-order valence-electron chi connectivity index (χ3n) is 2.28. The lowest BCUT2D eigenvalue weighted by Gasteiger charge is -2.04. The molecule has 0 unspecified atom stereocenters. The topological polar surface area (TPSA) is 51.4 Å². The molecule has 6 heteroatoms. The van der Waals surface area contributed by atoms with Gasteiger partial charge in [-0.1, -0.05) is 0 Å². The molecule has 80 valence electrons. The van der Waals surface area contributed by atoms with Gasteiger partial charge in [-0.05, 0) is 31.6 Å². The predicted octanol–water partition coefficient (Wildman–Crippen LogP) is 1.54. The lowest BCUT2D eigenvalue weighted by atomic mass is 10.4. The molecule has 2 heterocycles. The van der Waals surface area contributed by atoms with Crippen molar-refractivity contribution in [2.24, 2.45) is 0 Å². The van der Waals surface area contributed by atoms with Gasteiger partial charge in [-0.15, -0.1) is 0 Å². The Bertz CT molecular complexity index is 467. The van der Waals surface area contributed by atoms with Crippen LogP contribution in [0.15, 0.2) is 18.5 Å². The van der Waals surface area contributed by atoms with Gasteiger partial charge < -0.3 is 4.57 Å². The Hall–Kier alpha value is -1.43. The van der Waals surface area contributed by atoms with Gasteiger partial charge in [0.25, 0.3) is 0 Å². The summed E-state index contributed by atoms with van der Waals surface area (Å²) in [6, 6.07) is 1.93. The molecule has 0 saturated heterocycles. The van der Waals surface area contributed by atoms with E-state index in [1.165, 1.54) is 0 Å². The van der Waals surface area contributed by atoms with E-state index in [0.717, 1.165) is 25.3 Å². The van der Waals surface area contributed by atoms with E-state index in [1.54, 1.807) is 6.20 Å². The second-order valence-electron chi connectivity index (χ2n) is 3.35. The lowest BCUT2D eigenvalue weighted by Crippen LogP contribution is -2.05. The third kappa shape index (κ3) is 2.33. The zero-order valence-corrected chi connectivity index (χ0v) is 9.37. The maximum Gasteiger partial charge on any atom is 0.195 e. The van der Waals surface area contributed by atoms with Crippen molar-refractivity contribution < 1.29 is 0 Å². The van der Waals surface area contributed by atoms with Gasteiger partial charge in [0.1, 0.15) is 5.82 Å². The van der Waals surface area contributed by atoms with Gasteiger partial charge in [-0.25, -0.2) is 0 Å². The Kier molecular flexibility index (Phi) is 2.96. The Labute approximate surface area is 92.7 Å². The molecule has 0 aliphatic rings. The van der Waals surface area contributed by atoms with Crippen molar-refractivity contribution in [3.05, 3.63) is 29.1 Å². The van der Waals surface area contributed by atoms with Crippen molar-refractivity contribution in [2.75, 3.05) is 0 Å². The number of aromatic nitrogens is 5. The first kappa shape index (κ1) is 10.1. The summed E-state index contributed by atoms with van der Waals surface area (Å²) in [5.74, 6) is 0.931. The monoisotopic (exact) mass is 223 g/mol. The smallest absolute Gasteiger partial charge is 0.195 e. The fourth-order valence-electron chi connectivity index (χ4n) is 1.48. The summed E-state index contributed by atoms with van der Waals surface area (Å²) < 4.78 is 4.60. The number of aryl methyl sites for hydroxylation is 2. The number of aromatic amines is 1. The van der Waals surface area contributed by atoms with Crippen molar-refractivity contribution in [2.45, 2.75) is 26.4 Å². The molecular weight excluding hydrogens is 210 g/mol. The van der Waals surface area contributed by atoms with Crippen LogP contribution in [-0.4, -0.2) is 24.5 Å². The zero-order chi connectivity index (χ0) is 10.7. The zero-order valence-electron chi connectivity index (χ0n) is 8.55. The number of rotatable bonds is 4. The molecule has 15 heavy (non-hydrogen) atoms. The summed E-state index contributed by atoms with van der Waals surface area (Å²) in [5.41, 5.74) is 0. The molecule has 0 amide bonds. The first-order valence-corrected chi connectivity index (χ1v) is 5.27. The van der Waals surface area contributed by atoms with Crippen LogP contribution < -0.4 is 0 Å².